The molecule has 0 aliphatic carbocycles. The van der Waals surface area contributed by atoms with Crippen LogP contribution < -0.4 is 5.32 Å². The number of alkyl halides is 3. The quantitative estimate of drug-likeness (QED) is 0.512. The number of aliphatic hydroxyl groups is 1. The number of piperidine rings is 2. The van der Waals surface area contributed by atoms with Gasteiger partial charge in [0.05, 0.1) is 11.2 Å². The molecule has 0 saturated carbocycles. The van der Waals surface area contributed by atoms with Crippen molar-refractivity contribution in [2.75, 3.05) is 26.2 Å². The second-order valence-corrected chi connectivity index (χ2v) is 14.2. The number of aliphatic imine (C=N–C) groups is 1. The summed E-state index contributed by atoms with van der Waals surface area (Å²) in [5.41, 5.74) is -0.192. The number of halogens is 3. The van der Waals surface area contributed by atoms with Crippen LogP contribution in [0.3, 0.4) is 0 Å². The van der Waals surface area contributed by atoms with Crippen molar-refractivity contribution in [1.82, 2.24) is 14.5 Å². The van der Waals surface area contributed by atoms with Crippen molar-refractivity contribution in [3.05, 3.63) is 74.7 Å². The molecule has 3 aliphatic heterocycles. The van der Waals surface area contributed by atoms with Crippen LogP contribution >= 0.6 is 0 Å². The predicted molar refractivity (Wildman–Crippen MR) is 162 cm³/mol. The van der Waals surface area contributed by atoms with E-state index < -0.39 is 38.8 Å². The van der Waals surface area contributed by atoms with Gasteiger partial charge in [0.25, 0.3) is 11.8 Å². The molecule has 240 valence electrons. The molecule has 0 unspecified atom stereocenters. The van der Waals surface area contributed by atoms with Crippen LogP contribution in [0.1, 0.15) is 76.3 Å². The van der Waals surface area contributed by atoms with E-state index >= 15 is 0 Å². The number of hydrogen-bond acceptors (Lipinski definition) is 6. The lowest BCUT2D eigenvalue weighted by Gasteiger charge is -2.36. The molecule has 2 aromatic rings. The summed E-state index contributed by atoms with van der Waals surface area (Å²) < 4.78 is 67.2. The maximum absolute atomic E-state index is 13.3. The molecule has 2 N–H and O–H groups in total. The first kappa shape index (κ1) is 32.7. The fourth-order valence-electron chi connectivity index (χ4n) is 6.04. The Morgan fingerprint density at radius 1 is 1.00 bits per heavy atom. The standard InChI is InChI=1S/C32H35F3N4O5S/c1-20-17-24(28(40)38-12-8-30(4,42)9-13-38)18-21(2)25(20)7-16-45(43,44)39-14-10-31(11-15-39)29(41)36-27(37-31)23-5-6-26(22(3)19-23)32(33,34)35/h7,16-19,42H,8-15H2,1-4H3,(H,36,37,41)/b16-7+. The number of likely N-dealkylation sites (tertiary alicyclic amines) is 1. The number of sulfonamides is 1. The second kappa shape index (κ2) is 11.6. The number of carbonyl (C=O) groups is 2. The van der Waals surface area contributed by atoms with Gasteiger partial charge in [0.15, 0.2) is 0 Å². The Morgan fingerprint density at radius 3 is 2.16 bits per heavy atom. The fraction of sp³-hybridized carbons (Fsp3) is 0.469. The largest absolute Gasteiger partial charge is 0.424 e. The van der Waals surface area contributed by atoms with Gasteiger partial charge in [-0.25, -0.2) is 8.42 Å². The Kier molecular flexibility index (Phi) is 8.39. The lowest BCUT2D eigenvalue weighted by atomic mass is 9.89. The number of aryl methyl sites for hydroxylation is 3. The zero-order valence-electron chi connectivity index (χ0n) is 25.5. The minimum absolute atomic E-state index is 0.0207. The van der Waals surface area contributed by atoms with Gasteiger partial charge in [-0.15, -0.1) is 0 Å². The smallest absolute Gasteiger partial charge is 0.390 e. The molecule has 45 heavy (non-hydrogen) atoms. The van der Waals surface area contributed by atoms with E-state index in [1.807, 2.05) is 13.8 Å². The first-order valence-electron chi connectivity index (χ1n) is 14.7. The first-order valence-corrected chi connectivity index (χ1v) is 16.2. The minimum Gasteiger partial charge on any atom is -0.390 e. The summed E-state index contributed by atoms with van der Waals surface area (Å²) in [6.45, 7) is 7.63. The Hall–Kier alpha value is -3.73. The molecule has 3 heterocycles. The maximum Gasteiger partial charge on any atom is 0.424 e. The molecular weight excluding hydrogens is 609 g/mol. The van der Waals surface area contributed by atoms with E-state index in [4.69, 9.17) is 0 Å². The van der Waals surface area contributed by atoms with Gasteiger partial charge in [-0.05, 0) is 99.9 Å². The summed E-state index contributed by atoms with van der Waals surface area (Å²) in [7, 11) is -3.87. The molecule has 2 aromatic carbocycles. The maximum atomic E-state index is 13.3. The van der Waals surface area contributed by atoms with Crippen LogP contribution in [0.5, 0.6) is 0 Å². The highest BCUT2D eigenvalue weighted by atomic mass is 32.2. The monoisotopic (exact) mass is 644 g/mol. The van der Waals surface area contributed by atoms with E-state index in [1.54, 1.807) is 24.0 Å². The number of amides is 2. The molecule has 1 spiro atoms. The molecule has 0 bridgehead atoms. The van der Waals surface area contributed by atoms with Crippen molar-refractivity contribution in [2.45, 2.75) is 70.7 Å². The SMILES string of the molecule is Cc1cc(C2=NC3(CCN(S(=O)(=O)/C=C/c4c(C)cc(C(=O)N5CCC(C)(O)CC5)cc4C)CC3)C(=O)N2)c#cc1C(F)(F)F. The highest BCUT2D eigenvalue weighted by molar-refractivity contribution is 7.92. The number of amidine groups is 1. The fourth-order valence-corrected chi connectivity index (χ4v) is 7.22. The molecule has 9 nitrogen and oxygen atoms in total. The number of hydrogen-bond donors (Lipinski definition) is 2. The number of benzene rings is 1. The van der Waals surface area contributed by atoms with E-state index in [1.165, 1.54) is 23.4 Å². The highest BCUT2D eigenvalue weighted by Gasteiger charge is 2.47. The van der Waals surface area contributed by atoms with Crippen molar-refractivity contribution in [3.8, 4) is 0 Å². The zero-order valence-corrected chi connectivity index (χ0v) is 26.3. The molecule has 0 aromatic heterocycles. The molecule has 2 amide bonds. The molecule has 0 atom stereocenters. The lowest BCUT2D eigenvalue weighted by Crippen LogP contribution is -2.50. The third-order valence-electron chi connectivity index (χ3n) is 8.88. The van der Waals surface area contributed by atoms with Crippen LogP contribution in [-0.4, -0.2) is 77.7 Å². The second-order valence-electron chi connectivity index (χ2n) is 12.4. The van der Waals surface area contributed by atoms with Crippen molar-refractivity contribution in [3.63, 3.8) is 0 Å². The lowest BCUT2D eigenvalue weighted by molar-refractivity contribution is -0.138. The number of rotatable bonds is 5. The molecule has 0 radical (unpaired) electrons. The van der Waals surface area contributed by atoms with Crippen LogP contribution in [0, 0.1) is 32.9 Å². The van der Waals surface area contributed by atoms with Gasteiger partial charge in [0.2, 0.25) is 10.0 Å². The Labute approximate surface area is 260 Å². The predicted octanol–water partition coefficient (Wildman–Crippen LogP) is 3.93. The summed E-state index contributed by atoms with van der Waals surface area (Å²) in [5, 5.41) is 13.9. The summed E-state index contributed by atoms with van der Waals surface area (Å²) in [6.07, 6.45) is -1.87. The van der Waals surface area contributed by atoms with E-state index in [2.05, 4.69) is 22.4 Å². The van der Waals surface area contributed by atoms with E-state index in [0.29, 0.717) is 37.1 Å². The van der Waals surface area contributed by atoms with Gasteiger partial charge >= 0.3 is 6.18 Å². The average Bonchev–Trinajstić information content (AvgIpc) is 3.26. The van der Waals surface area contributed by atoms with Crippen molar-refractivity contribution < 1.29 is 36.3 Å². The summed E-state index contributed by atoms with van der Waals surface area (Å²) in [6, 6.07) is 9.27. The number of nitrogens with one attached hydrogen (secondary N) is 1. The van der Waals surface area contributed by atoms with Crippen molar-refractivity contribution >= 4 is 33.7 Å². The Bertz CT molecular complexity index is 1670. The number of nitrogens with zero attached hydrogens (tertiary/aromatic N) is 3. The third-order valence-corrected chi connectivity index (χ3v) is 10.4. The first-order chi connectivity index (χ1) is 20.9. The molecule has 3 aliphatic rings. The summed E-state index contributed by atoms with van der Waals surface area (Å²) >= 11 is 0. The Morgan fingerprint density at radius 2 is 1.60 bits per heavy atom. The van der Waals surface area contributed by atoms with Gasteiger partial charge in [-0.1, -0.05) is 12.1 Å². The van der Waals surface area contributed by atoms with Crippen molar-refractivity contribution in [2.24, 2.45) is 4.99 Å². The normalized spacial score (nSPS) is 20.3. The van der Waals surface area contributed by atoms with Gasteiger partial charge < -0.3 is 15.3 Å². The molecule has 5 rings (SSSR count). The zero-order chi connectivity index (χ0) is 32.9. The van der Waals surface area contributed by atoms with Crippen LogP contribution in [0.15, 0.2) is 28.6 Å². The molecule has 13 heteroatoms. The van der Waals surface area contributed by atoms with Gasteiger partial charge in [0.1, 0.15) is 16.9 Å². The minimum atomic E-state index is -4.58. The van der Waals surface area contributed by atoms with Crippen LogP contribution in [0.25, 0.3) is 6.08 Å². The summed E-state index contributed by atoms with van der Waals surface area (Å²) in [5.74, 6) is -0.482. The van der Waals surface area contributed by atoms with E-state index in [-0.39, 0.29) is 48.8 Å². The van der Waals surface area contributed by atoms with Gasteiger partial charge in [-0.2, -0.15) is 17.5 Å². The van der Waals surface area contributed by atoms with E-state index in [9.17, 15) is 36.3 Å². The topological polar surface area (TPSA) is 119 Å². The number of carbonyl (C=O) groups excluding carboxylic acids is 2. The third kappa shape index (κ3) is 6.64. The highest BCUT2D eigenvalue weighted by Crippen LogP contribution is 2.34. The van der Waals surface area contributed by atoms with Crippen molar-refractivity contribution in [1.29, 1.82) is 0 Å². The van der Waals surface area contributed by atoms with Crippen LogP contribution in [0.4, 0.5) is 13.2 Å². The molecular formula is C32H35F3N4O5S. The van der Waals surface area contributed by atoms with Crippen LogP contribution in [-0.2, 0) is 21.0 Å². The molecule has 2 saturated heterocycles. The average molecular weight is 645 g/mol. The Balaban J connectivity index is 1.26. The summed E-state index contributed by atoms with van der Waals surface area (Å²) in [4.78, 5) is 32.2. The van der Waals surface area contributed by atoms with Crippen LogP contribution in [0.2, 0.25) is 0 Å². The molecule has 2 fully saturated rings. The van der Waals surface area contributed by atoms with E-state index in [0.717, 1.165) is 16.5 Å². The van der Waals surface area contributed by atoms with Gasteiger partial charge in [0, 0.05) is 37.2 Å². The van der Waals surface area contributed by atoms with Gasteiger partial charge in [-0.3, -0.25) is 14.6 Å².